The molecule has 0 saturated heterocycles. The number of nitriles is 1. The lowest BCUT2D eigenvalue weighted by molar-refractivity contribution is 0.0697. The van der Waals surface area contributed by atoms with E-state index in [2.05, 4.69) is 6.07 Å². The fraction of sp³-hybridized carbons (Fsp3) is 0.0476. The normalized spacial score (nSPS) is 10.6. The van der Waals surface area contributed by atoms with Crippen LogP contribution in [-0.2, 0) is 6.61 Å². The summed E-state index contributed by atoms with van der Waals surface area (Å²) in [6, 6.07) is 16.4. The van der Waals surface area contributed by atoms with Crippen LogP contribution in [0.25, 0.3) is 16.6 Å². The Morgan fingerprint density at radius 2 is 2.00 bits per heavy atom. The van der Waals surface area contributed by atoms with Gasteiger partial charge in [0.05, 0.1) is 16.6 Å². The third-order valence-electron chi connectivity index (χ3n) is 4.27. The van der Waals surface area contributed by atoms with Crippen LogP contribution in [0.3, 0.4) is 0 Å². The molecule has 4 aromatic rings. The van der Waals surface area contributed by atoms with Gasteiger partial charge in [-0.1, -0.05) is 0 Å². The molecule has 0 unspecified atom stereocenters. The maximum absolute atomic E-state index is 11.0. The largest absolute Gasteiger partial charge is 0.489 e. The first-order chi connectivity index (χ1) is 13.2. The van der Waals surface area contributed by atoms with Crippen molar-refractivity contribution in [2.75, 3.05) is 0 Å². The Morgan fingerprint density at radius 1 is 1.19 bits per heavy atom. The molecule has 0 saturated carbocycles. The summed E-state index contributed by atoms with van der Waals surface area (Å²) < 4.78 is 7.71. The number of carboxylic acids is 1. The van der Waals surface area contributed by atoms with E-state index in [1.165, 1.54) is 0 Å². The molecule has 0 fully saturated rings. The minimum Gasteiger partial charge on any atom is -0.489 e. The van der Waals surface area contributed by atoms with E-state index < -0.39 is 5.97 Å². The molecule has 0 atom stereocenters. The molecule has 6 heteroatoms. The maximum atomic E-state index is 11.0. The number of aromatic carboxylic acids is 1. The van der Waals surface area contributed by atoms with Crippen LogP contribution in [0.2, 0.25) is 0 Å². The molecule has 0 aliphatic carbocycles. The fourth-order valence-corrected chi connectivity index (χ4v) is 3.56. The predicted octanol–water partition coefficient (Wildman–Crippen LogP) is 4.84. The first kappa shape index (κ1) is 16.9. The quantitative estimate of drug-likeness (QED) is 0.542. The average Bonchev–Trinajstić information content (AvgIpc) is 3.33. The second-order valence-corrected chi connectivity index (χ2v) is 6.76. The first-order valence-electron chi connectivity index (χ1n) is 8.18. The summed E-state index contributed by atoms with van der Waals surface area (Å²) in [6.45, 7) is 0.480. The van der Waals surface area contributed by atoms with Gasteiger partial charge in [-0.05, 0) is 64.9 Å². The standard InChI is InChI=1S/C21H14N2O3S/c22-10-16-11-23(17-3-1-15(2-4-17)21(24)25)20-6-5-18(9-19(16)20)26-12-14-7-8-27-13-14/h1-9,11,13H,12H2,(H,24,25). The third kappa shape index (κ3) is 3.28. The SMILES string of the molecule is N#Cc1cn(-c2ccc(C(=O)O)cc2)c2ccc(OCc3ccsc3)cc12. The van der Waals surface area contributed by atoms with Crippen LogP contribution in [0, 0.1) is 11.3 Å². The molecule has 2 heterocycles. The molecular formula is C21H14N2O3S. The van der Waals surface area contributed by atoms with Gasteiger partial charge in [-0.15, -0.1) is 0 Å². The number of carboxylic acid groups (broad SMARTS) is 1. The fourth-order valence-electron chi connectivity index (χ4n) is 2.91. The minimum atomic E-state index is -0.968. The molecule has 27 heavy (non-hydrogen) atoms. The molecule has 2 aromatic carbocycles. The molecule has 0 radical (unpaired) electrons. The van der Waals surface area contributed by atoms with Crippen molar-refractivity contribution >= 4 is 28.2 Å². The summed E-state index contributed by atoms with van der Waals surface area (Å²) in [5, 5.41) is 23.4. The summed E-state index contributed by atoms with van der Waals surface area (Å²) in [4.78, 5) is 11.0. The summed E-state index contributed by atoms with van der Waals surface area (Å²) in [7, 11) is 0. The van der Waals surface area contributed by atoms with E-state index in [1.54, 1.807) is 41.8 Å². The molecule has 4 rings (SSSR count). The van der Waals surface area contributed by atoms with Crippen LogP contribution < -0.4 is 4.74 Å². The Hall–Kier alpha value is -3.56. The second-order valence-electron chi connectivity index (χ2n) is 5.98. The Bertz CT molecular complexity index is 1150. The lowest BCUT2D eigenvalue weighted by Gasteiger charge is -2.08. The van der Waals surface area contributed by atoms with Crippen molar-refractivity contribution in [2.45, 2.75) is 6.61 Å². The zero-order valence-electron chi connectivity index (χ0n) is 14.1. The van der Waals surface area contributed by atoms with Crippen LogP contribution in [0.15, 0.2) is 65.5 Å². The average molecular weight is 374 g/mol. The number of benzene rings is 2. The van der Waals surface area contributed by atoms with Gasteiger partial charge in [0, 0.05) is 17.3 Å². The number of ether oxygens (including phenoxy) is 1. The zero-order valence-corrected chi connectivity index (χ0v) is 14.9. The molecule has 0 spiro atoms. The molecular weight excluding hydrogens is 360 g/mol. The van der Waals surface area contributed by atoms with Gasteiger partial charge >= 0.3 is 5.97 Å². The van der Waals surface area contributed by atoms with Crippen molar-refractivity contribution < 1.29 is 14.6 Å². The highest BCUT2D eigenvalue weighted by molar-refractivity contribution is 7.07. The van der Waals surface area contributed by atoms with Gasteiger partial charge < -0.3 is 14.4 Å². The minimum absolute atomic E-state index is 0.222. The number of nitrogens with zero attached hydrogens (tertiary/aromatic N) is 2. The number of thiophene rings is 1. The van der Waals surface area contributed by atoms with E-state index in [1.807, 2.05) is 39.6 Å². The molecule has 132 valence electrons. The van der Waals surface area contributed by atoms with Gasteiger partial charge in [-0.3, -0.25) is 0 Å². The number of fused-ring (bicyclic) bond motifs is 1. The molecule has 1 N–H and O–H groups in total. The zero-order chi connectivity index (χ0) is 18.8. The Kier molecular flexibility index (Phi) is 4.37. The van der Waals surface area contributed by atoms with Crippen LogP contribution in [0.5, 0.6) is 5.75 Å². The van der Waals surface area contributed by atoms with Crippen molar-refractivity contribution in [2.24, 2.45) is 0 Å². The Labute approximate surface area is 159 Å². The molecule has 0 aliphatic heterocycles. The number of aromatic nitrogens is 1. The lowest BCUT2D eigenvalue weighted by atomic mass is 10.2. The van der Waals surface area contributed by atoms with Crippen molar-refractivity contribution in [1.82, 2.24) is 4.57 Å². The highest BCUT2D eigenvalue weighted by Crippen LogP contribution is 2.29. The van der Waals surface area contributed by atoms with Crippen LogP contribution >= 0.6 is 11.3 Å². The summed E-state index contributed by atoms with van der Waals surface area (Å²) in [5.74, 6) is -0.270. The summed E-state index contributed by atoms with van der Waals surface area (Å²) in [5.41, 5.74) is 3.51. The predicted molar refractivity (Wildman–Crippen MR) is 104 cm³/mol. The van der Waals surface area contributed by atoms with Gasteiger partial charge in [0.1, 0.15) is 18.4 Å². The molecule has 2 aromatic heterocycles. The van der Waals surface area contributed by atoms with Crippen molar-refractivity contribution in [3.05, 3.63) is 82.2 Å². The van der Waals surface area contributed by atoms with E-state index in [4.69, 9.17) is 9.84 Å². The third-order valence-corrected chi connectivity index (χ3v) is 5.01. The van der Waals surface area contributed by atoms with E-state index in [-0.39, 0.29) is 5.56 Å². The Balaban J connectivity index is 1.70. The summed E-state index contributed by atoms with van der Waals surface area (Å²) >= 11 is 1.62. The number of hydrogen-bond donors (Lipinski definition) is 1. The maximum Gasteiger partial charge on any atom is 0.335 e. The van der Waals surface area contributed by atoms with Crippen LogP contribution in [-0.4, -0.2) is 15.6 Å². The molecule has 0 bridgehead atoms. The topological polar surface area (TPSA) is 75.2 Å². The number of hydrogen-bond acceptors (Lipinski definition) is 4. The van der Waals surface area contributed by atoms with Crippen molar-refractivity contribution in [1.29, 1.82) is 5.26 Å². The molecule has 0 aliphatic rings. The van der Waals surface area contributed by atoms with E-state index >= 15 is 0 Å². The lowest BCUT2D eigenvalue weighted by Crippen LogP contribution is -1.97. The summed E-state index contributed by atoms with van der Waals surface area (Å²) in [6.07, 6.45) is 1.75. The monoisotopic (exact) mass is 374 g/mol. The van der Waals surface area contributed by atoms with Crippen LogP contribution in [0.1, 0.15) is 21.5 Å². The van der Waals surface area contributed by atoms with Gasteiger partial charge in [0.25, 0.3) is 0 Å². The second kappa shape index (κ2) is 6.98. The van der Waals surface area contributed by atoms with Crippen LogP contribution in [0.4, 0.5) is 0 Å². The molecule has 5 nitrogen and oxygen atoms in total. The van der Waals surface area contributed by atoms with E-state index in [0.29, 0.717) is 17.9 Å². The number of carbonyl (C=O) groups is 1. The smallest absolute Gasteiger partial charge is 0.335 e. The van der Waals surface area contributed by atoms with E-state index in [9.17, 15) is 10.1 Å². The first-order valence-corrected chi connectivity index (χ1v) is 9.13. The van der Waals surface area contributed by atoms with Gasteiger partial charge in [-0.2, -0.15) is 16.6 Å². The van der Waals surface area contributed by atoms with E-state index in [0.717, 1.165) is 22.2 Å². The highest BCUT2D eigenvalue weighted by Gasteiger charge is 2.12. The van der Waals surface area contributed by atoms with Crippen molar-refractivity contribution in [3.8, 4) is 17.5 Å². The van der Waals surface area contributed by atoms with Gasteiger partial charge in [-0.25, -0.2) is 4.79 Å². The molecule has 0 amide bonds. The highest BCUT2D eigenvalue weighted by atomic mass is 32.1. The van der Waals surface area contributed by atoms with Gasteiger partial charge in [0.15, 0.2) is 0 Å². The number of rotatable bonds is 5. The van der Waals surface area contributed by atoms with Crippen molar-refractivity contribution in [3.63, 3.8) is 0 Å². The Morgan fingerprint density at radius 3 is 2.67 bits per heavy atom. The van der Waals surface area contributed by atoms with Gasteiger partial charge in [0.2, 0.25) is 0 Å².